The molecular formula is C22H34N4O4S2. The Morgan fingerprint density at radius 1 is 0.875 bits per heavy atom. The summed E-state index contributed by atoms with van der Waals surface area (Å²) < 4.78 is 27.2. The quantitative estimate of drug-likeness (QED) is 0.695. The van der Waals surface area contributed by atoms with E-state index in [9.17, 15) is 18.0 Å². The number of urea groups is 1. The zero-order valence-corrected chi connectivity index (χ0v) is 20.3. The Morgan fingerprint density at radius 2 is 1.56 bits per heavy atom. The number of anilines is 1. The molecule has 1 saturated carbocycles. The van der Waals surface area contributed by atoms with E-state index in [1.54, 1.807) is 17.0 Å². The highest BCUT2D eigenvalue weighted by Gasteiger charge is 2.29. The molecule has 32 heavy (non-hydrogen) atoms. The van der Waals surface area contributed by atoms with Crippen molar-refractivity contribution in [2.75, 3.05) is 44.6 Å². The molecule has 2 saturated heterocycles. The van der Waals surface area contributed by atoms with Crippen LogP contribution in [0.2, 0.25) is 0 Å². The summed E-state index contributed by atoms with van der Waals surface area (Å²) in [5.74, 6) is 0.734. The number of nitrogens with zero attached hydrogens (tertiary/aromatic N) is 3. The second kappa shape index (κ2) is 10.5. The van der Waals surface area contributed by atoms with Gasteiger partial charge in [0.15, 0.2) is 0 Å². The zero-order valence-electron chi connectivity index (χ0n) is 18.6. The van der Waals surface area contributed by atoms with Crippen LogP contribution in [-0.2, 0) is 14.8 Å². The van der Waals surface area contributed by atoms with Gasteiger partial charge >= 0.3 is 6.03 Å². The molecule has 1 aromatic rings. The summed E-state index contributed by atoms with van der Waals surface area (Å²) in [5.41, 5.74) is 0. The number of sulfonamides is 1. The largest absolute Gasteiger partial charge is 0.341 e. The molecule has 0 unspecified atom stereocenters. The van der Waals surface area contributed by atoms with Gasteiger partial charge in [-0.3, -0.25) is 10.1 Å². The van der Waals surface area contributed by atoms with E-state index in [0.29, 0.717) is 56.6 Å². The van der Waals surface area contributed by atoms with Gasteiger partial charge < -0.3 is 9.80 Å². The Kier molecular flexibility index (Phi) is 7.73. The third kappa shape index (κ3) is 5.63. The van der Waals surface area contributed by atoms with Crippen LogP contribution in [0.3, 0.4) is 0 Å². The molecule has 178 valence electrons. The lowest BCUT2D eigenvalue weighted by atomic mass is 9.86. The monoisotopic (exact) mass is 482 g/mol. The molecule has 0 atom stereocenters. The van der Waals surface area contributed by atoms with Gasteiger partial charge in [0.05, 0.1) is 5.00 Å². The molecule has 2 aliphatic heterocycles. The Morgan fingerprint density at radius 3 is 2.31 bits per heavy atom. The zero-order chi connectivity index (χ0) is 22.6. The number of carbonyl (C=O) groups excluding carboxylic acids is 2. The fourth-order valence-electron chi connectivity index (χ4n) is 4.90. The van der Waals surface area contributed by atoms with Crippen LogP contribution in [0.25, 0.3) is 0 Å². The smallest absolute Gasteiger partial charge is 0.322 e. The van der Waals surface area contributed by atoms with E-state index in [4.69, 9.17) is 0 Å². The molecule has 8 nitrogen and oxygen atoms in total. The Balaban J connectivity index is 1.29. The van der Waals surface area contributed by atoms with Crippen molar-refractivity contribution < 1.29 is 18.0 Å². The lowest BCUT2D eigenvalue weighted by Crippen LogP contribution is -2.39. The third-order valence-electron chi connectivity index (χ3n) is 6.79. The molecule has 3 amide bonds. The minimum Gasteiger partial charge on any atom is -0.341 e. The molecule has 0 aromatic carbocycles. The molecule has 4 rings (SSSR count). The highest BCUT2D eigenvalue weighted by molar-refractivity contribution is 7.91. The van der Waals surface area contributed by atoms with Gasteiger partial charge in [0.1, 0.15) is 4.21 Å². The molecule has 0 bridgehead atoms. The highest BCUT2D eigenvalue weighted by atomic mass is 32.2. The number of carbonyl (C=O) groups is 2. The Bertz CT molecular complexity index is 905. The lowest BCUT2D eigenvalue weighted by molar-refractivity contribution is -0.132. The van der Waals surface area contributed by atoms with Crippen LogP contribution in [0.4, 0.5) is 9.80 Å². The second-order valence-electron chi connectivity index (χ2n) is 9.09. The highest BCUT2D eigenvalue weighted by Crippen LogP contribution is 2.30. The molecule has 1 aromatic heterocycles. The Hall–Kier alpha value is -1.65. The third-order valence-corrected chi connectivity index (χ3v) is 10.2. The molecule has 1 N–H and O–H groups in total. The number of hydrogen-bond donors (Lipinski definition) is 1. The summed E-state index contributed by atoms with van der Waals surface area (Å²) in [7, 11) is -3.47. The van der Waals surface area contributed by atoms with Gasteiger partial charge in [0.25, 0.3) is 10.0 Å². The van der Waals surface area contributed by atoms with Gasteiger partial charge in [-0.05, 0) is 50.2 Å². The molecular weight excluding hydrogens is 448 g/mol. The van der Waals surface area contributed by atoms with Gasteiger partial charge in [-0.2, -0.15) is 4.31 Å². The van der Waals surface area contributed by atoms with Crippen molar-refractivity contribution in [2.45, 2.75) is 62.0 Å². The van der Waals surface area contributed by atoms with Crippen LogP contribution in [0.1, 0.15) is 57.8 Å². The van der Waals surface area contributed by atoms with Crippen LogP contribution in [0, 0.1) is 5.92 Å². The summed E-state index contributed by atoms with van der Waals surface area (Å²) >= 11 is 1.10. The van der Waals surface area contributed by atoms with Crippen molar-refractivity contribution in [3.8, 4) is 0 Å². The summed E-state index contributed by atoms with van der Waals surface area (Å²) in [6.07, 6.45) is 9.24. The molecule has 3 heterocycles. The number of thiophene rings is 1. The predicted octanol–water partition coefficient (Wildman–Crippen LogP) is 3.57. The summed E-state index contributed by atoms with van der Waals surface area (Å²) in [6, 6.07) is 2.99. The first-order valence-electron chi connectivity index (χ1n) is 11.9. The topological polar surface area (TPSA) is 90.0 Å². The van der Waals surface area contributed by atoms with Crippen molar-refractivity contribution in [3.05, 3.63) is 12.1 Å². The average molecular weight is 483 g/mol. The molecule has 10 heteroatoms. The van der Waals surface area contributed by atoms with E-state index in [0.717, 1.165) is 43.4 Å². The van der Waals surface area contributed by atoms with Crippen molar-refractivity contribution in [1.29, 1.82) is 0 Å². The van der Waals surface area contributed by atoms with Crippen LogP contribution >= 0.6 is 11.3 Å². The molecule has 3 fully saturated rings. The standard InChI is InChI=1S/C22H34N4O4S2/c27-20(17-18-7-2-1-3-8-18)24-11-6-12-25(16-15-24)22(28)23-19-9-10-21(31-19)32(29,30)26-13-4-5-14-26/h9-10,18H,1-8,11-17H2,(H,23,28). The lowest BCUT2D eigenvalue weighted by Gasteiger charge is -2.26. The van der Waals surface area contributed by atoms with Gasteiger partial charge in [-0.15, -0.1) is 11.3 Å². The maximum Gasteiger partial charge on any atom is 0.322 e. The van der Waals surface area contributed by atoms with E-state index < -0.39 is 10.0 Å². The van der Waals surface area contributed by atoms with Crippen molar-refractivity contribution in [2.24, 2.45) is 5.92 Å². The van der Waals surface area contributed by atoms with Crippen molar-refractivity contribution in [1.82, 2.24) is 14.1 Å². The van der Waals surface area contributed by atoms with Crippen LogP contribution < -0.4 is 5.32 Å². The summed E-state index contributed by atoms with van der Waals surface area (Å²) in [5, 5.41) is 3.38. The Labute approximate surface area is 195 Å². The molecule has 3 aliphatic rings. The van der Waals surface area contributed by atoms with Crippen LogP contribution in [-0.4, -0.2) is 73.7 Å². The van der Waals surface area contributed by atoms with E-state index in [1.165, 1.54) is 23.6 Å². The first kappa shape index (κ1) is 23.5. The van der Waals surface area contributed by atoms with E-state index >= 15 is 0 Å². The van der Waals surface area contributed by atoms with Gasteiger partial charge in [-0.25, -0.2) is 13.2 Å². The SMILES string of the molecule is O=C(CC1CCCCC1)N1CCCN(C(=O)Nc2ccc(S(=O)(=O)N3CCCC3)s2)CC1. The number of rotatable bonds is 5. The van der Waals surface area contributed by atoms with Crippen molar-refractivity contribution in [3.63, 3.8) is 0 Å². The van der Waals surface area contributed by atoms with Gasteiger partial charge in [0, 0.05) is 45.7 Å². The summed E-state index contributed by atoms with van der Waals surface area (Å²) in [4.78, 5) is 29.2. The number of nitrogens with one attached hydrogen (secondary N) is 1. The average Bonchev–Trinajstić information content (AvgIpc) is 3.43. The normalized spacial score (nSPS) is 21.5. The molecule has 1 aliphatic carbocycles. The van der Waals surface area contributed by atoms with Gasteiger partial charge in [-0.1, -0.05) is 19.3 Å². The second-order valence-corrected chi connectivity index (χ2v) is 12.3. The summed E-state index contributed by atoms with van der Waals surface area (Å²) in [6.45, 7) is 3.44. The van der Waals surface area contributed by atoms with Crippen molar-refractivity contribution >= 4 is 38.3 Å². The number of amides is 3. The maximum atomic E-state index is 12.8. The van der Waals surface area contributed by atoms with Crippen LogP contribution in [0.15, 0.2) is 16.3 Å². The predicted molar refractivity (Wildman–Crippen MR) is 125 cm³/mol. The van der Waals surface area contributed by atoms with E-state index in [-0.39, 0.29) is 16.1 Å². The minimum atomic E-state index is -3.47. The minimum absolute atomic E-state index is 0.217. The van der Waals surface area contributed by atoms with Gasteiger partial charge in [0.2, 0.25) is 5.91 Å². The fourth-order valence-corrected chi connectivity index (χ4v) is 7.77. The molecule has 0 spiro atoms. The molecule has 0 radical (unpaired) electrons. The van der Waals surface area contributed by atoms with E-state index in [1.807, 2.05) is 4.90 Å². The van der Waals surface area contributed by atoms with Crippen LogP contribution in [0.5, 0.6) is 0 Å². The van der Waals surface area contributed by atoms with E-state index in [2.05, 4.69) is 5.32 Å². The first-order valence-corrected chi connectivity index (χ1v) is 14.1. The maximum absolute atomic E-state index is 12.8. The first-order chi connectivity index (χ1) is 15.4. The number of hydrogen-bond acceptors (Lipinski definition) is 5. The fraction of sp³-hybridized carbons (Fsp3) is 0.727.